The number of nitrogens with one attached hydrogen (secondary N) is 1. The van der Waals surface area contributed by atoms with Crippen LogP contribution in [0.15, 0.2) is 39.9 Å². The van der Waals surface area contributed by atoms with Gasteiger partial charge in [-0.1, -0.05) is 35.3 Å². The van der Waals surface area contributed by atoms with Crippen molar-refractivity contribution in [3.05, 3.63) is 51.3 Å². The topological polar surface area (TPSA) is 49.4 Å². The standard InChI is InChI=1S/C16H18Cl2N2O2S2/c17-13-4-3-12(15(18)10-13)11-20-7-5-14(6-8-20)19-24(21,22)16-2-1-9-23-16/h1-4,9-10,14,19H,5-8,11H2. The molecule has 0 aliphatic carbocycles. The van der Waals surface area contributed by atoms with Crippen LogP contribution in [-0.2, 0) is 16.6 Å². The second kappa shape index (κ2) is 7.72. The summed E-state index contributed by atoms with van der Waals surface area (Å²) in [6, 6.07) is 8.89. The molecule has 0 spiro atoms. The third kappa shape index (κ3) is 4.50. The summed E-state index contributed by atoms with van der Waals surface area (Å²) in [5.74, 6) is 0. The number of hydrogen-bond acceptors (Lipinski definition) is 4. The summed E-state index contributed by atoms with van der Waals surface area (Å²) in [4.78, 5) is 2.28. The van der Waals surface area contributed by atoms with Crippen molar-refractivity contribution in [2.75, 3.05) is 13.1 Å². The van der Waals surface area contributed by atoms with Crippen molar-refractivity contribution in [2.24, 2.45) is 0 Å². The zero-order valence-corrected chi connectivity index (χ0v) is 16.1. The Morgan fingerprint density at radius 2 is 1.96 bits per heavy atom. The molecule has 1 aromatic heterocycles. The van der Waals surface area contributed by atoms with Gasteiger partial charge in [-0.15, -0.1) is 11.3 Å². The molecule has 24 heavy (non-hydrogen) atoms. The molecule has 0 atom stereocenters. The molecule has 1 fully saturated rings. The quantitative estimate of drug-likeness (QED) is 0.818. The van der Waals surface area contributed by atoms with Crippen molar-refractivity contribution in [1.82, 2.24) is 9.62 Å². The number of benzene rings is 1. The maximum Gasteiger partial charge on any atom is 0.250 e. The van der Waals surface area contributed by atoms with Gasteiger partial charge in [-0.3, -0.25) is 4.90 Å². The Morgan fingerprint density at radius 1 is 1.21 bits per heavy atom. The highest BCUT2D eigenvalue weighted by Gasteiger charge is 2.25. The normalized spacial score (nSPS) is 17.2. The minimum absolute atomic E-state index is 0.0194. The first-order valence-electron chi connectivity index (χ1n) is 7.66. The van der Waals surface area contributed by atoms with Gasteiger partial charge in [0.1, 0.15) is 4.21 Å². The maximum atomic E-state index is 12.3. The highest BCUT2D eigenvalue weighted by atomic mass is 35.5. The molecular formula is C16H18Cl2N2O2S2. The molecular weight excluding hydrogens is 387 g/mol. The van der Waals surface area contributed by atoms with E-state index in [1.165, 1.54) is 11.3 Å². The van der Waals surface area contributed by atoms with Gasteiger partial charge >= 0.3 is 0 Å². The lowest BCUT2D eigenvalue weighted by molar-refractivity contribution is 0.200. The molecule has 1 aliphatic heterocycles. The third-order valence-corrected chi connectivity index (χ3v) is 7.58. The predicted molar refractivity (Wildman–Crippen MR) is 99.4 cm³/mol. The van der Waals surface area contributed by atoms with E-state index < -0.39 is 10.0 Å². The Bertz CT molecular complexity index is 786. The Morgan fingerprint density at radius 3 is 2.58 bits per heavy atom. The number of thiophene rings is 1. The largest absolute Gasteiger partial charge is 0.299 e. The first kappa shape index (κ1) is 18.2. The van der Waals surface area contributed by atoms with Crippen molar-refractivity contribution in [3.8, 4) is 0 Å². The lowest BCUT2D eigenvalue weighted by atomic mass is 10.1. The molecule has 0 amide bonds. The molecule has 4 nitrogen and oxygen atoms in total. The van der Waals surface area contributed by atoms with Crippen LogP contribution >= 0.6 is 34.5 Å². The van der Waals surface area contributed by atoms with Crippen LogP contribution in [0.3, 0.4) is 0 Å². The van der Waals surface area contributed by atoms with Crippen molar-refractivity contribution in [1.29, 1.82) is 0 Å². The number of sulfonamides is 1. The zero-order valence-electron chi connectivity index (χ0n) is 12.9. The molecule has 130 valence electrons. The van der Waals surface area contributed by atoms with E-state index in [2.05, 4.69) is 9.62 Å². The molecule has 3 rings (SSSR count). The summed E-state index contributed by atoms with van der Waals surface area (Å²) in [6.07, 6.45) is 1.58. The van der Waals surface area contributed by atoms with Crippen LogP contribution in [0, 0.1) is 0 Å². The number of rotatable bonds is 5. The van der Waals surface area contributed by atoms with Gasteiger partial charge in [0.05, 0.1) is 0 Å². The summed E-state index contributed by atoms with van der Waals surface area (Å²) in [5, 5.41) is 3.07. The van der Waals surface area contributed by atoms with Crippen LogP contribution in [0.4, 0.5) is 0 Å². The van der Waals surface area contributed by atoms with E-state index in [1.54, 1.807) is 23.6 Å². The molecule has 0 saturated carbocycles. The highest BCUT2D eigenvalue weighted by molar-refractivity contribution is 7.91. The van der Waals surface area contributed by atoms with E-state index in [9.17, 15) is 8.42 Å². The number of halogens is 2. The van der Waals surface area contributed by atoms with Crippen LogP contribution in [0.1, 0.15) is 18.4 Å². The van der Waals surface area contributed by atoms with Gasteiger partial charge in [0.2, 0.25) is 10.0 Å². The lowest BCUT2D eigenvalue weighted by Gasteiger charge is -2.32. The summed E-state index contributed by atoms with van der Waals surface area (Å²) < 4.78 is 27.7. The number of nitrogens with zero attached hydrogens (tertiary/aromatic N) is 1. The minimum atomic E-state index is -3.39. The molecule has 8 heteroatoms. The highest BCUT2D eigenvalue weighted by Crippen LogP contribution is 2.24. The molecule has 1 aliphatic rings. The number of piperidine rings is 1. The second-order valence-corrected chi connectivity index (χ2v) is 9.57. The van der Waals surface area contributed by atoms with Gasteiger partial charge in [0, 0.05) is 35.7 Å². The summed E-state index contributed by atoms with van der Waals surface area (Å²) in [5.41, 5.74) is 1.04. The Balaban J connectivity index is 1.54. The van der Waals surface area contributed by atoms with Crippen LogP contribution in [0.5, 0.6) is 0 Å². The Hall–Kier alpha value is -0.630. The van der Waals surface area contributed by atoms with Crippen molar-refractivity contribution in [2.45, 2.75) is 29.6 Å². The van der Waals surface area contributed by atoms with Crippen LogP contribution in [0.25, 0.3) is 0 Å². The average Bonchev–Trinajstić information content (AvgIpc) is 3.07. The second-order valence-electron chi connectivity index (χ2n) is 5.84. The fourth-order valence-corrected chi connectivity index (χ4v) is 5.58. The SMILES string of the molecule is O=S(=O)(NC1CCN(Cc2ccc(Cl)cc2Cl)CC1)c1cccs1. The molecule has 1 saturated heterocycles. The smallest absolute Gasteiger partial charge is 0.250 e. The third-order valence-electron chi connectivity index (χ3n) is 4.08. The molecule has 2 aromatic rings. The van der Waals surface area contributed by atoms with Crippen molar-refractivity contribution in [3.63, 3.8) is 0 Å². The van der Waals surface area contributed by atoms with E-state index in [0.717, 1.165) is 38.0 Å². The van der Waals surface area contributed by atoms with Crippen LogP contribution in [0.2, 0.25) is 10.0 Å². The molecule has 0 bridgehead atoms. The van der Waals surface area contributed by atoms with Gasteiger partial charge in [-0.05, 0) is 42.0 Å². The van der Waals surface area contributed by atoms with Gasteiger partial charge in [-0.2, -0.15) is 0 Å². The fraction of sp³-hybridized carbons (Fsp3) is 0.375. The minimum Gasteiger partial charge on any atom is -0.299 e. The Labute approximate surface area is 156 Å². The maximum absolute atomic E-state index is 12.3. The number of likely N-dealkylation sites (tertiary alicyclic amines) is 1. The van der Waals surface area contributed by atoms with E-state index in [0.29, 0.717) is 14.3 Å². The lowest BCUT2D eigenvalue weighted by Crippen LogP contribution is -2.44. The first-order valence-corrected chi connectivity index (χ1v) is 10.8. The van der Waals surface area contributed by atoms with Gasteiger partial charge < -0.3 is 0 Å². The summed E-state index contributed by atoms with van der Waals surface area (Å²) >= 11 is 13.4. The first-order chi connectivity index (χ1) is 11.4. The van der Waals surface area contributed by atoms with Crippen molar-refractivity contribution >= 4 is 44.6 Å². The monoisotopic (exact) mass is 404 g/mol. The molecule has 0 unspecified atom stereocenters. The average molecular weight is 405 g/mol. The molecule has 1 aromatic carbocycles. The Kier molecular flexibility index (Phi) is 5.85. The van der Waals surface area contributed by atoms with E-state index in [1.807, 2.05) is 12.1 Å². The van der Waals surface area contributed by atoms with Gasteiger partial charge in [0.15, 0.2) is 0 Å². The van der Waals surface area contributed by atoms with E-state index in [4.69, 9.17) is 23.2 Å². The fourth-order valence-electron chi connectivity index (χ4n) is 2.79. The van der Waals surface area contributed by atoms with E-state index in [-0.39, 0.29) is 6.04 Å². The van der Waals surface area contributed by atoms with Crippen LogP contribution < -0.4 is 4.72 Å². The summed E-state index contributed by atoms with van der Waals surface area (Å²) in [7, 11) is -3.39. The summed E-state index contributed by atoms with van der Waals surface area (Å²) in [6.45, 7) is 2.41. The molecule has 2 heterocycles. The van der Waals surface area contributed by atoms with Gasteiger partial charge in [0.25, 0.3) is 0 Å². The van der Waals surface area contributed by atoms with Crippen LogP contribution in [-0.4, -0.2) is 32.4 Å². The predicted octanol–water partition coefficient (Wildman–Crippen LogP) is 4.00. The molecule has 1 N–H and O–H groups in total. The van der Waals surface area contributed by atoms with E-state index >= 15 is 0 Å². The van der Waals surface area contributed by atoms with Gasteiger partial charge in [-0.25, -0.2) is 13.1 Å². The zero-order chi connectivity index (χ0) is 17.2. The number of hydrogen-bond donors (Lipinski definition) is 1. The molecule has 0 radical (unpaired) electrons. The van der Waals surface area contributed by atoms with Crippen molar-refractivity contribution < 1.29 is 8.42 Å².